The SMILES string of the molecule is O=C(O)C1CCC(c2cc(F)ccc2OCC(F)(F)C(F)(F)F)CC1. The molecule has 0 atom stereocenters. The van der Waals surface area contributed by atoms with Gasteiger partial charge in [-0.1, -0.05) is 0 Å². The number of aliphatic carboxylic acids is 1. The Kier molecular flexibility index (Phi) is 5.53. The summed E-state index contributed by atoms with van der Waals surface area (Å²) in [6.07, 6.45) is -4.41. The van der Waals surface area contributed by atoms with Gasteiger partial charge in [-0.05, 0) is 49.8 Å². The average molecular weight is 370 g/mol. The molecule has 0 unspecified atom stereocenters. The summed E-state index contributed by atoms with van der Waals surface area (Å²) < 4.78 is 80.9. The van der Waals surface area contributed by atoms with E-state index in [0.717, 1.165) is 18.2 Å². The molecule has 1 aromatic rings. The van der Waals surface area contributed by atoms with Crippen molar-refractivity contribution in [3.63, 3.8) is 0 Å². The zero-order chi connectivity index (χ0) is 18.8. The van der Waals surface area contributed by atoms with E-state index in [4.69, 9.17) is 5.11 Å². The van der Waals surface area contributed by atoms with Crippen LogP contribution in [0.2, 0.25) is 0 Å². The molecular formula is C16H16F6O3. The lowest BCUT2D eigenvalue weighted by Crippen LogP contribution is -2.41. The standard InChI is InChI=1S/C16H16F6O3/c17-11-5-6-13(25-8-15(18,19)16(20,21)22)12(7-11)9-1-3-10(4-2-9)14(23)24/h5-7,9-10H,1-4,8H2,(H,23,24). The first-order valence-electron chi connectivity index (χ1n) is 7.61. The molecule has 0 aromatic heterocycles. The lowest BCUT2D eigenvalue weighted by atomic mass is 9.78. The zero-order valence-electron chi connectivity index (χ0n) is 13.0. The molecule has 0 heterocycles. The Balaban J connectivity index is 2.14. The first-order chi connectivity index (χ1) is 11.5. The van der Waals surface area contributed by atoms with Gasteiger partial charge in [0, 0.05) is 5.56 Å². The fraction of sp³-hybridized carbons (Fsp3) is 0.562. The number of carboxylic acid groups (broad SMARTS) is 1. The van der Waals surface area contributed by atoms with Crippen LogP contribution in [-0.2, 0) is 4.79 Å². The first kappa shape index (κ1) is 19.4. The molecule has 0 spiro atoms. The lowest BCUT2D eigenvalue weighted by molar-refractivity contribution is -0.290. The van der Waals surface area contributed by atoms with Gasteiger partial charge in [-0.25, -0.2) is 4.39 Å². The number of rotatable bonds is 5. The Hall–Kier alpha value is -1.93. The number of benzene rings is 1. The molecular weight excluding hydrogens is 354 g/mol. The average Bonchev–Trinajstić information content (AvgIpc) is 2.52. The van der Waals surface area contributed by atoms with Crippen LogP contribution in [0.5, 0.6) is 5.75 Å². The molecule has 1 aromatic carbocycles. The summed E-state index contributed by atoms with van der Waals surface area (Å²) >= 11 is 0. The smallest absolute Gasteiger partial charge is 0.456 e. The minimum atomic E-state index is -5.74. The molecule has 3 nitrogen and oxygen atoms in total. The van der Waals surface area contributed by atoms with Gasteiger partial charge in [0.1, 0.15) is 11.6 Å². The van der Waals surface area contributed by atoms with E-state index in [1.807, 2.05) is 0 Å². The molecule has 1 N–H and O–H groups in total. The number of carboxylic acids is 1. The van der Waals surface area contributed by atoms with Gasteiger partial charge >= 0.3 is 18.1 Å². The third-order valence-corrected chi connectivity index (χ3v) is 4.31. The van der Waals surface area contributed by atoms with Crippen molar-refractivity contribution in [1.82, 2.24) is 0 Å². The lowest BCUT2D eigenvalue weighted by Gasteiger charge is -2.28. The molecule has 0 radical (unpaired) electrons. The fourth-order valence-corrected chi connectivity index (χ4v) is 2.87. The zero-order valence-corrected chi connectivity index (χ0v) is 13.0. The van der Waals surface area contributed by atoms with Crippen molar-refractivity contribution in [1.29, 1.82) is 0 Å². The Labute approximate surface area is 139 Å². The predicted molar refractivity (Wildman–Crippen MR) is 75.2 cm³/mol. The molecule has 2 rings (SSSR count). The largest absolute Gasteiger partial charge is 0.487 e. The molecule has 0 amide bonds. The summed E-state index contributed by atoms with van der Waals surface area (Å²) in [5.74, 6) is -7.79. The Morgan fingerprint density at radius 3 is 2.24 bits per heavy atom. The summed E-state index contributed by atoms with van der Waals surface area (Å²) in [6, 6.07) is 2.96. The van der Waals surface area contributed by atoms with Crippen molar-refractivity contribution in [3.05, 3.63) is 29.6 Å². The van der Waals surface area contributed by atoms with Crippen LogP contribution in [0.3, 0.4) is 0 Å². The van der Waals surface area contributed by atoms with Crippen molar-refractivity contribution >= 4 is 5.97 Å². The van der Waals surface area contributed by atoms with Crippen molar-refractivity contribution < 1.29 is 41.0 Å². The molecule has 0 saturated heterocycles. The summed E-state index contributed by atoms with van der Waals surface area (Å²) in [7, 11) is 0. The van der Waals surface area contributed by atoms with Crippen molar-refractivity contribution in [2.75, 3.05) is 6.61 Å². The number of halogens is 6. The summed E-state index contributed by atoms with van der Waals surface area (Å²) in [4.78, 5) is 11.0. The maximum atomic E-state index is 13.5. The van der Waals surface area contributed by atoms with Crippen molar-refractivity contribution in [2.24, 2.45) is 5.92 Å². The van der Waals surface area contributed by atoms with Crippen LogP contribution in [0.15, 0.2) is 18.2 Å². The number of hydrogen-bond acceptors (Lipinski definition) is 2. The van der Waals surface area contributed by atoms with Crippen molar-refractivity contribution in [2.45, 2.75) is 43.7 Å². The van der Waals surface area contributed by atoms with E-state index in [2.05, 4.69) is 4.74 Å². The van der Waals surface area contributed by atoms with Crippen LogP contribution < -0.4 is 4.74 Å². The molecule has 1 aliphatic rings. The minimum Gasteiger partial charge on any atom is -0.487 e. The maximum absolute atomic E-state index is 13.5. The molecule has 1 aliphatic carbocycles. The van der Waals surface area contributed by atoms with E-state index in [1.165, 1.54) is 0 Å². The quantitative estimate of drug-likeness (QED) is 0.760. The normalized spacial score (nSPS) is 21.8. The van der Waals surface area contributed by atoms with Gasteiger partial charge in [0.25, 0.3) is 0 Å². The molecule has 0 aliphatic heterocycles. The van der Waals surface area contributed by atoms with Gasteiger partial charge in [-0.2, -0.15) is 22.0 Å². The highest BCUT2D eigenvalue weighted by molar-refractivity contribution is 5.70. The molecule has 25 heavy (non-hydrogen) atoms. The Morgan fingerprint density at radius 2 is 1.72 bits per heavy atom. The third kappa shape index (κ3) is 4.58. The molecule has 9 heteroatoms. The second kappa shape index (κ2) is 7.13. The van der Waals surface area contributed by atoms with Crippen LogP contribution in [0.1, 0.15) is 37.2 Å². The fourth-order valence-electron chi connectivity index (χ4n) is 2.87. The van der Waals surface area contributed by atoms with Crippen LogP contribution in [0.25, 0.3) is 0 Å². The number of hydrogen-bond donors (Lipinski definition) is 1. The monoisotopic (exact) mass is 370 g/mol. The summed E-state index contributed by atoms with van der Waals surface area (Å²) in [5, 5.41) is 8.97. The van der Waals surface area contributed by atoms with Crippen LogP contribution >= 0.6 is 0 Å². The van der Waals surface area contributed by atoms with Crippen molar-refractivity contribution in [3.8, 4) is 5.75 Å². The van der Waals surface area contributed by atoms with E-state index in [-0.39, 0.29) is 17.2 Å². The predicted octanol–water partition coefficient (Wildman–Crippen LogP) is 4.76. The van der Waals surface area contributed by atoms with Crippen LogP contribution in [0, 0.1) is 11.7 Å². The first-order valence-corrected chi connectivity index (χ1v) is 7.61. The topological polar surface area (TPSA) is 46.5 Å². The van der Waals surface area contributed by atoms with E-state index >= 15 is 0 Å². The van der Waals surface area contributed by atoms with Gasteiger partial charge in [-0.3, -0.25) is 4.79 Å². The highest BCUT2D eigenvalue weighted by Gasteiger charge is 2.58. The van der Waals surface area contributed by atoms with Gasteiger partial charge in [0.2, 0.25) is 0 Å². The molecule has 1 saturated carbocycles. The Morgan fingerprint density at radius 1 is 1.12 bits per heavy atom. The van der Waals surface area contributed by atoms with E-state index in [0.29, 0.717) is 25.7 Å². The van der Waals surface area contributed by atoms with E-state index < -0.39 is 36.4 Å². The number of alkyl halides is 5. The van der Waals surface area contributed by atoms with E-state index in [9.17, 15) is 31.1 Å². The molecule has 1 fully saturated rings. The van der Waals surface area contributed by atoms with E-state index in [1.54, 1.807) is 0 Å². The van der Waals surface area contributed by atoms with Gasteiger partial charge < -0.3 is 9.84 Å². The minimum absolute atomic E-state index is 0.182. The van der Waals surface area contributed by atoms with Crippen LogP contribution in [-0.4, -0.2) is 29.8 Å². The second-order valence-electron chi connectivity index (χ2n) is 6.06. The summed E-state index contributed by atoms with van der Waals surface area (Å²) in [5.41, 5.74) is 0.182. The molecule has 140 valence electrons. The third-order valence-electron chi connectivity index (χ3n) is 4.31. The van der Waals surface area contributed by atoms with Gasteiger partial charge in [0.15, 0.2) is 6.61 Å². The Bertz CT molecular complexity index is 621. The number of ether oxygens (including phenoxy) is 1. The highest BCUT2D eigenvalue weighted by Crippen LogP contribution is 2.41. The van der Waals surface area contributed by atoms with Gasteiger partial charge in [-0.15, -0.1) is 0 Å². The summed E-state index contributed by atoms with van der Waals surface area (Å²) in [6.45, 7) is -1.90. The second-order valence-corrected chi connectivity index (χ2v) is 6.06. The van der Waals surface area contributed by atoms with Gasteiger partial charge in [0.05, 0.1) is 5.92 Å². The maximum Gasteiger partial charge on any atom is 0.456 e. The highest BCUT2D eigenvalue weighted by atomic mass is 19.4. The number of carbonyl (C=O) groups is 1. The molecule has 0 bridgehead atoms. The van der Waals surface area contributed by atoms with Crippen LogP contribution in [0.4, 0.5) is 26.3 Å².